The zero-order valence-corrected chi connectivity index (χ0v) is 13.1. The summed E-state index contributed by atoms with van der Waals surface area (Å²) in [5.41, 5.74) is 0.284. The van der Waals surface area contributed by atoms with Gasteiger partial charge in [-0.2, -0.15) is 0 Å². The number of amides is 1. The maximum absolute atomic E-state index is 11.5. The van der Waals surface area contributed by atoms with E-state index in [9.17, 15) is 4.79 Å². The van der Waals surface area contributed by atoms with Crippen molar-refractivity contribution in [3.8, 4) is 0 Å². The van der Waals surface area contributed by atoms with Crippen LogP contribution in [0, 0.1) is 5.92 Å². The Hall–Kier alpha value is -0.710. The third-order valence-corrected chi connectivity index (χ3v) is 5.23. The molecule has 0 aromatic heterocycles. The van der Waals surface area contributed by atoms with E-state index >= 15 is 0 Å². The number of aliphatic imine (C=N–C) groups is 1. The molecule has 1 saturated heterocycles. The number of hydrogen-bond donors (Lipinski definition) is 1. The van der Waals surface area contributed by atoms with Crippen molar-refractivity contribution in [1.82, 2.24) is 10.2 Å². The molecule has 1 N–H and O–H groups in total. The number of thioether (sulfide) groups is 1. The Bertz CT molecular complexity index is 370. The molecule has 2 atom stereocenters. The topological polar surface area (TPSA) is 44.7 Å². The third kappa shape index (κ3) is 3.88. The average molecular weight is 283 g/mol. The Balaban J connectivity index is 1.82. The van der Waals surface area contributed by atoms with Crippen molar-refractivity contribution < 1.29 is 4.79 Å². The van der Waals surface area contributed by atoms with Crippen LogP contribution in [0.1, 0.15) is 39.0 Å². The van der Waals surface area contributed by atoms with Crippen LogP contribution < -0.4 is 5.32 Å². The fourth-order valence-corrected chi connectivity index (χ4v) is 4.19. The van der Waals surface area contributed by atoms with Gasteiger partial charge in [-0.3, -0.25) is 9.79 Å². The van der Waals surface area contributed by atoms with E-state index in [1.54, 1.807) is 19.0 Å². The van der Waals surface area contributed by atoms with Gasteiger partial charge in [0, 0.05) is 31.8 Å². The monoisotopic (exact) mass is 283 g/mol. The summed E-state index contributed by atoms with van der Waals surface area (Å²) in [6, 6.07) is 0. The van der Waals surface area contributed by atoms with Crippen LogP contribution in [0.15, 0.2) is 4.99 Å². The van der Waals surface area contributed by atoms with Gasteiger partial charge in [0.15, 0.2) is 5.17 Å². The molecule has 19 heavy (non-hydrogen) atoms. The second-order valence-electron chi connectivity index (χ2n) is 6.12. The molecule has 1 amide bonds. The lowest BCUT2D eigenvalue weighted by molar-refractivity contribution is -0.128. The lowest BCUT2D eigenvalue weighted by Gasteiger charge is -2.36. The van der Waals surface area contributed by atoms with Crippen molar-refractivity contribution >= 4 is 22.8 Å². The minimum absolute atomic E-state index is 0.147. The maximum atomic E-state index is 11.5. The average Bonchev–Trinajstić information content (AvgIpc) is 2.71. The molecule has 2 unspecified atom stereocenters. The molecule has 5 heteroatoms. The van der Waals surface area contributed by atoms with Crippen molar-refractivity contribution in [2.24, 2.45) is 10.9 Å². The number of carbonyl (C=O) groups is 1. The smallest absolute Gasteiger partial charge is 0.223 e. The second kappa shape index (κ2) is 6.16. The minimum Gasteiger partial charge on any atom is -0.359 e. The molecule has 108 valence electrons. The highest BCUT2D eigenvalue weighted by atomic mass is 32.2. The molecule has 4 nitrogen and oxygen atoms in total. The molecule has 2 aliphatic rings. The number of amidine groups is 1. The first-order valence-corrected chi connectivity index (χ1v) is 8.15. The summed E-state index contributed by atoms with van der Waals surface area (Å²) in [7, 11) is 3.58. The highest BCUT2D eigenvalue weighted by molar-refractivity contribution is 8.14. The van der Waals surface area contributed by atoms with Gasteiger partial charge < -0.3 is 10.2 Å². The standard InChI is InChI=1S/C14H25N3OS/c1-11-5-4-7-14(9-11)10-19-13(16-14)15-8-6-12(18)17(2)3/h11H,4-10H2,1-3H3,(H,15,16). The highest BCUT2D eigenvalue weighted by Crippen LogP contribution is 2.38. The number of rotatable bonds is 3. The van der Waals surface area contributed by atoms with Crippen LogP contribution in [0.2, 0.25) is 0 Å². The summed E-state index contributed by atoms with van der Waals surface area (Å²) in [6.45, 7) is 2.94. The molecule has 0 aromatic carbocycles. The second-order valence-corrected chi connectivity index (χ2v) is 7.08. The highest BCUT2D eigenvalue weighted by Gasteiger charge is 2.40. The van der Waals surface area contributed by atoms with Crippen LogP contribution in [0.3, 0.4) is 0 Å². The molecular formula is C14H25N3OS. The van der Waals surface area contributed by atoms with Crippen molar-refractivity contribution in [2.75, 3.05) is 26.4 Å². The van der Waals surface area contributed by atoms with Crippen LogP contribution in [-0.4, -0.2) is 47.9 Å². The van der Waals surface area contributed by atoms with Gasteiger partial charge in [-0.15, -0.1) is 0 Å². The van der Waals surface area contributed by atoms with E-state index in [1.165, 1.54) is 25.7 Å². The van der Waals surface area contributed by atoms with E-state index in [0.29, 0.717) is 13.0 Å². The van der Waals surface area contributed by atoms with Crippen LogP contribution in [0.25, 0.3) is 0 Å². The molecule has 1 heterocycles. The van der Waals surface area contributed by atoms with Gasteiger partial charge in [-0.05, 0) is 18.8 Å². The Morgan fingerprint density at radius 3 is 3.05 bits per heavy atom. The van der Waals surface area contributed by atoms with Gasteiger partial charge in [0.1, 0.15) is 0 Å². The molecule has 2 rings (SSSR count). The summed E-state index contributed by atoms with van der Waals surface area (Å²) >= 11 is 1.82. The van der Waals surface area contributed by atoms with Gasteiger partial charge in [-0.1, -0.05) is 31.5 Å². The van der Waals surface area contributed by atoms with Gasteiger partial charge >= 0.3 is 0 Å². The first-order chi connectivity index (χ1) is 9.01. The summed E-state index contributed by atoms with van der Waals surface area (Å²) < 4.78 is 0. The predicted molar refractivity (Wildman–Crippen MR) is 81.6 cm³/mol. The van der Waals surface area contributed by atoms with E-state index in [2.05, 4.69) is 17.2 Å². The van der Waals surface area contributed by atoms with E-state index in [0.717, 1.165) is 16.8 Å². The normalized spacial score (nSPS) is 32.6. The quantitative estimate of drug-likeness (QED) is 0.863. The number of carbonyl (C=O) groups excluding carboxylic acids is 1. The van der Waals surface area contributed by atoms with Crippen molar-refractivity contribution in [3.05, 3.63) is 0 Å². The SMILES string of the molecule is CC1CCCC2(CSC(=NCCC(=O)N(C)C)N2)C1. The molecule has 0 bridgehead atoms. The Morgan fingerprint density at radius 1 is 1.58 bits per heavy atom. The summed E-state index contributed by atoms with van der Waals surface area (Å²) in [6.07, 6.45) is 5.71. The fourth-order valence-electron chi connectivity index (χ4n) is 2.97. The first kappa shape index (κ1) is 14.7. The number of hydrogen-bond acceptors (Lipinski definition) is 3. The van der Waals surface area contributed by atoms with E-state index in [1.807, 2.05) is 11.8 Å². The van der Waals surface area contributed by atoms with Crippen molar-refractivity contribution in [2.45, 2.75) is 44.6 Å². The van der Waals surface area contributed by atoms with Crippen LogP contribution >= 0.6 is 11.8 Å². The van der Waals surface area contributed by atoms with Crippen LogP contribution in [-0.2, 0) is 4.79 Å². The Labute approximate surface area is 120 Å². The zero-order chi connectivity index (χ0) is 13.9. The largest absolute Gasteiger partial charge is 0.359 e. The Morgan fingerprint density at radius 2 is 2.37 bits per heavy atom. The van der Waals surface area contributed by atoms with E-state index in [4.69, 9.17) is 0 Å². The summed E-state index contributed by atoms with van der Waals surface area (Å²) in [5, 5.41) is 4.67. The zero-order valence-electron chi connectivity index (χ0n) is 12.2. The molecular weight excluding hydrogens is 258 g/mol. The molecule has 1 aliphatic heterocycles. The van der Waals surface area contributed by atoms with Gasteiger partial charge in [0.25, 0.3) is 0 Å². The maximum Gasteiger partial charge on any atom is 0.223 e. The number of nitrogens with zero attached hydrogens (tertiary/aromatic N) is 2. The van der Waals surface area contributed by atoms with Crippen LogP contribution in [0.5, 0.6) is 0 Å². The fraction of sp³-hybridized carbons (Fsp3) is 0.857. The number of nitrogens with one attached hydrogen (secondary N) is 1. The molecule has 1 aliphatic carbocycles. The van der Waals surface area contributed by atoms with Gasteiger partial charge in [-0.25, -0.2) is 0 Å². The molecule has 0 aromatic rings. The van der Waals surface area contributed by atoms with Crippen molar-refractivity contribution in [1.29, 1.82) is 0 Å². The molecule has 1 spiro atoms. The first-order valence-electron chi connectivity index (χ1n) is 7.16. The van der Waals surface area contributed by atoms with E-state index < -0.39 is 0 Å². The van der Waals surface area contributed by atoms with Crippen LogP contribution in [0.4, 0.5) is 0 Å². The molecule has 2 fully saturated rings. The van der Waals surface area contributed by atoms with Gasteiger partial charge in [0.05, 0.1) is 6.54 Å². The minimum atomic E-state index is 0.147. The van der Waals surface area contributed by atoms with E-state index in [-0.39, 0.29) is 11.4 Å². The Kier molecular flexibility index (Phi) is 4.76. The summed E-state index contributed by atoms with van der Waals surface area (Å²) in [4.78, 5) is 17.7. The van der Waals surface area contributed by atoms with Crippen molar-refractivity contribution in [3.63, 3.8) is 0 Å². The summed E-state index contributed by atoms with van der Waals surface area (Å²) in [5.74, 6) is 2.10. The lowest BCUT2D eigenvalue weighted by Crippen LogP contribution is -2.47. The predicted octanol–water partition coefficient (Wildman–Crippen LogP) is 2.11. The molecule has 0 radical (unpaired) electrons. The lowest BCUT2D eigenvalue weighted by atomic mass is 9.78. The molecule has 1 saturated carbocycles. The van der Waals surface area contributed by atoms with Gasteiger partial charge in [0.2, 0.25) is 5.91 Å². The third-order valence-electron chi connectivity index (χ3n) is 4.03.